The predicted octanol–water partition coefficient (Wildman–Crippen LogP) is 11.9. The van der Waals surface area contributed by atoms with Gasteiger partial charge in [-0.15, -0.1) is 24.5 Å². The highest BCUT2D eigenvalue weighted by Crippen LogP contribution is 2.34. The molecule has 6 heterocycles. The summed E-state index contributed by atoms with van der Waals surface area (Å²) in [6, 6.07) is 33.0. The van der Waals surface area contributed by atoms with E-state index in [9.17, 15) is 22.4 Å². The normalized spacial score (nSPS) is 14.2. The van der Waals surface area contributed by atoms with Crippen molar-refractivity contribution in [2.75, 3.05) is 34.8 Å². The van der Waals surface area contributed by atoms with Crippen molar-refractivity contribution >= 4 is 68.3 Å². The summed E-state index contributed by atoms with van der Waals surface area (Å²) in [6.45, 7) is 5.64. The minimum atomic E-state index is -4.68. The van der Waals surface area contributed by atoms with Gasteiger partial charge in [0.2, 0.25) is 0 Å². The van der Waals surface area contributed by atoms with Gasteiger partial charge in [0.1, 0.15) is 35.1 Å². The Morgan fingerprint density at radius 3 is 2.45 bits per heavy atom. The van der Waals surface area contributed by atoms with E-state index in [1.54, 1.807) is 46.2 Å². The number of amides is 1. The Kier molecular flexibility index (Phi) is 13.1. The fraction of sp³-hybridized carbons (Fsp3) is 0.240. The fourth-order valence-electron chi connectivity index (χ4n) is 8.59. The molecule has 0 radical (unpaired) electrons. The van der Waals surface area contributed by atoms with Crippen LogP contribution in [0.15, 0.2) is 127 Å². The summed E-state index contributed by atoms with van der Waals surface area (Å²) >= 11 is 7.93. The third-order valence-electron chi connectivity index (χ3n) is 11.9. The number of pyridine rings is 1. The highest BCUT2D eigenvalue weighted by molar-refractivity contribution is 7.10. The topological polar surface area (TPSA) is 99.9 Å². The average molecular weight is 933 g/mol. The Bertz CT molecular complexity index is 2970. The maximum Gasteiger partial charge on any atom is 0.573 e. The second-order valence-electron chi connectivity index (χ2n) is 16.1. The number of anilines is 4. The Morgan fingerprint density at radius 1 is 0.909 bits per heavy atom. The zero-order valence-corrected chi connectivity index (χ0v) is 37.4. The Morgan fingerprint density at radius 2 is 1.70 bits per heavy atom. The second-order valence-corrected chi connectivity index (χ2v) is 17.6. The number of ether oxygens (including phenoxy) is 1. The number of alkyl halides is 3. The molecule has 10 nitrogen and oxygen atoms in total. The Hall–Kier alpha value is -6.71. The van der Waals surface area contributed by atoms with E-state index in [-0.39, 0.29) is 23.4 Å². The third-order valence-corrected chi connectivity index (χ3v) is 13.2. The SMILES string of the molecule is CCc1nc2ccc(Cl)cn2c1C(=O)NCc1ccc(N2CCC(c3ccc(OC(F)(F)F)cc3)CC2)cc1.Fc1cc(Nc2ncnc3ccccc23)ccc1N1CCc2sccc2C1. The van der Waals surface area contributed by atoms with E-state index in [1.165, 1.54) is 35.0 Å². The van der Waals surface area contributed by atoms with Crippen LogP contribution in [0.2, 0.25) is 5.02 Å². The van der Waals surface area contributed by atoms with Crippen LogP contribution in [-0.2, 0) is 25.9 Å². The Labute approximate surface area is 387 Å². The zero-order valence-electron chi connectivity index (χ0n) is 35.9. The van der Waals surface area contributed by atoms with Crippen LogP contribution >= 0.6 is 22.9 Å². The van der Waals surface area contributed by atoms with Crippen LogP contribution in [-0.4, -0.2) is 51.3 Å². The quantitative estimate of drug-likeness (QED) is 0.131. The number of rotatable bonds is 10. The van der Waals surface area contributed by atoms with E-state index >= 15 is 0 Å². The number of aromatic nitrogens is 4. The lowest BCUT2D eigenvalue weighted by Crippen LogP contribution is -2.32. The predicted molar refractivity (Wildman–Crippen MR) is 253 cm³/mol. The van der Waals surface area contributed by atoms with Crippen molar-refractivity contribution < 1.29 is 27.1 Å². The lowest BCUT2D eigenvalue weighted by molar-refractivity contribution is -0.274. The molecule has 2 N–H and O–H groups in total. The molecule has 0 unspecified atom stereocenters. The summed E-state index contributed by atoms with van der Waals surface area (Å²) in [7, 11) is 0. The molecule has 0 spiro atoms. The number of nitrogens with one attached hydrogen (secondary N) is 2. The van der Waals surface area contributed by atoms with Gasteiger partial charge in [-0.3, -0.25) is 9.20 Å². The summed E-state index contributed by atoms with van der Waals surface area (Å²) in [5.41, 5.74) is 8.48. The van der Waals surface area contributed by atoms with Crippen LogP contribution in [0, 0.1) is 5.82 Å². The monoisotopic (exact) mass is 932 g/mol. The van der Waals surface area contributed by atoms with Crippen molar-refractivity contribution in [3.8, 4) is 5.75 Å². The van der Waals surface area contributed by atoms with Gasteiger partial charge in [0.25, 0.3) is 5.91 Å². The van der Waals surface area contributed by atoms with E-state index in [2.05, 4.69) is 63.7 Å². The van der Waals surface area contributed by atoms with Gasteiger partial charge in [-0.1, -0.05) is 54.9 Å². The summed E-state index contributed by atoms with van der Waals surface area (Å²) in [5, 5.41) is 9.78. The zero-order chi connectivity index (χ0) is 45.8. The molecular formula is C50H45ClF4N8O2S. The van der Waals surface area contributed by atoms with Gasteiger partial charge in [-0.2, -0.15) is 0 Å². The van der Waals surface area contributed by atoms with Gasteiger partial charge in [-0.25, -0.2) is 19.3 Å². The largest absolute Gasteiger partial charge is 0.573 e. The first-order chi connectivity index (χ1) is 32.0. The number of nitrogens with zero attached hydrogens (tertiary/aromatic N) is 6. The number of hydrogen-bond donors (Lipinski definition) is 2. The summed E-state index contributed by atoms with van der Waals surface area (Å²) in [5.74, 6) is 0.336. The number of aryl methyl sites for hydroxylation is 1. The van der Waals surface area contributed by atoms with Crippen LogP contribution < -0.4 is 25.2 Å². The third kappa shape index (κ3) is 10.2. The molecule has 0 atom stereocenters. The lowest BCUT2D eigenvalue weighted by atomic mass is 9.89. The number of hydrogen-bond acceptors (Lipinski definition) is 9. The molecule has 1 amide bonds. The summed E-state index contributed by atoms with van der Waals surface area (Å²) in [4.78, 5) is 32.0. The molecule has 0 aliphatic carbocycles. The van der Waals surface area contributed by atoms with Crippen molar-refractivity contribution in [3.05, 3.63) is 171 Å². The lowest BCUT2D eigenvalue weighted by Gasteiger charge is -2.34. The smallest absolute Gasteiger partial charge is 0.406 e. The Balaban J connectivity index is 0.000000177. The van der Waals surface area contributed by atoms with E-state index in [1.807, 2.05) is 55.5 Å². The number of fused-ring (bicyclic) bond motifs is 3. The molecule has 4 aromatic heterocycles. The van der Waals surface area contributed by atoms with Gasteiger partial charge in [-0.05, 0) is 126 Å². The highest BCUT2D eigenvalue weighted by atomic mass is 35.5. The van der Waals surface area contributed by atoms with Crippen LogP contribution in [0.3, 0.4) is 0 Å². The number of thiophene rings is 1. The molecule has 2 aliphatic heterocycles. The molecule has 2 aliphatic rings. The van der Waals surface area contributed by atoms with Crippen LogP contribution in [0.4, 0.5) is 40.4 Å². The van der Waals surface area contributed by atoms with Gasteiger partial charge >= 0.3 is 6.36 Å². The molecule has 338 valence electrons. The number of benzene rings is 4. The summed E-state index contributed by atoms with van der Waals surface area (Å²) < 4.78 is 57.7. The van der Waals surface area contributed by atoms with Crippen molar-refractivity contribution in [2.24, 2.45) is 0 Å². The highest BCUT2D eigenvalue weighted by Gasteiger charge is 2.31. The molecule has 0 saturated carbocycles. The molecule has 4 aromatic carbocycles. The maximum absolute atomic E-state index is 14.8. The van der Waals surface area contributed by atoms with Gasteiger partial charge in [0.05, 0.1) is 21.9 Å². The molecule has 8 aromatic rings. The average Bonchev–Trinajstić information content (AvgIpc) is 3.95. The fourth-order valence-corrected chi connectivity index (χ4v) is 9.64. The number of halogens is 5. The van der Waals surface area contributed by atoms with Crippen molar-refractivity contribution in [2.45, 2.75) is 58.0 Å². The van der Waals surface area contributed by atoms with Gasteiger partial charge < -0.3 is 25.2 Å². The van der Waals surface area contributed by atoms with E-state index < -0.39 is 6.36 Å². The number of carbonyl (C=O) groups is 1. The first kappa shape index (κ1) is 44.5. The van der Waals surface area contributed by atoms with Crippen LogP contribution in [0.25, 0.3) is 16.6 Å². The van der Waals surface area contributed by atoms with Gasteiger partial charge in [0, 0.05) is 60.6 Å². The number of carbonyl (C=O) groups excluding carboxylic acids is 1. The minimum Gasteiger partial charge on any atom is -0.406 e. The molecule has 66 heavy (non-hydrogen) atoms. The van der Waals surface area contributed by atoms with E-state index in [0.717, 1.165) is 78.9 Å². The number of para-hydroxylation sites is 1. The molecule has 0 bridgehead atoms. The summed E-state index contributed by atoms with van der Waals surface area (Å²) in [6.07, 6.45) is 1.94. The first-order valence-electron chi connectivity index (χ1n) is 21.7. The molecule has 1 saturated heterocycles. The van der Waals surface area contributed by atoms with E-state index in [0.29, 0.717) is 46.5 Å². The van der Waals surface area contributed by atoms with Crippen LogP contribution in [0.5, 0.6) is 5.75 Å². The standard InChI is InChI=1S/C29H28ClF3N4O2.C21H17FN4S/c1-2-25-27(37-18-22(30)7-12-26(37)35-25)28(38)34-17-19-3-8-23(9-4-19)36-15-13-21(14-16-36)20-5-10-24(11-6-20)39-29(31,32)33;22-17-11-15(25-21-16-3-1-2-4-18(16)23-13-24-21)5-6-19(17)26-9-7-20-14(12-26)8-10-27-20/h3-12,18,21H,2,13-17H2,1H3,(H,34,38);1-6,8,10-11,13H,7,9,12H2,(H,23,24,25). The van der Waals surface area contributed by atoms with Crippen molar-refractivity contribution in [1.29, 1.82) is 0 Å². The van der Waals surface area contributed by atoms with Crippen molar-refractivity contribution in [1.82, 2.24) is 24.7 Å². The molecular weight excluding hydrogens is 888 g/mol. The molecule has 10 rings (SSSR count). The minimum absolute atomic E-state index is 0.200. The number of piperidine rings is 1. The molecule has 16 heteroatoms. The number of imidazole rings is 1. The molecule has 1 fully saturated rings. The van der Waals surface area contributed by atoms with E-state index in [4.69, 9.17) is 11.6 Å². The maximum atomic E-state index is 14.8. The van der Waals surface area contributed by atoms with Gasteiger partial charge in [0.15, 0.2) is 0 Å². The van der Waals surface area contributed by atoms with Crippen LogP contribution in [0.1, 0.15) is 63.4 Å². The van der Waals surface area contributed by atoms with Crippen molar-refractivity contribution in [3.63, 3.8) is 0 Å². The first-order valence-corrected chi connectivity index (χ1v) is 22.9. The second kappa shape index (κ2) is 19.4.